The molecule has 5 nitrogen and oxygen atoms in total. The predicted molar refractivity (Wildman–Crippen MR) is 118 cm³/mol. The van der Waals surface area contributed by atoms with E-state index in [2.05, 4.69) is 9.62 Å². The van der Waals surface area contributed by atoms with Crippen LogP contribution in [0.15, 0.2) is 41.3 Å². The summed E-state index contributed by atoms with van der Waals surface area (Å²) in [6.07, 6.45) is -0.531. The number of carbonyl (C=O) groups excluding carboxylic acids is 1. The number of ether oxygens (including phenoxy) is 1. The largest absolute Gasteiger partial charge is 0.493 e. The highest BCUT2D eigenvalue weighted by molar-refractivity contribution is 8.00. The number of anilines is 2. The van der Waals surface area contributed by atoms with Gasteiger partial charge < -0.3 is 19.5 Å². The smallest absolute Gasteiger partial charge is 0.416 e. The van der Waals surface area contributed by atoms with Crippen LogP contribution in [0.1, 0.15) is 42.1 Å². The molecule has 0 saturated carbocycles. The predicted octanol–water partition coefficient (Wildman–Crippen LogP) is 5.63. The Labute approximate surface area is 184 Å². The second kappa shape index (κ2) is 11.9. The monoisotopic (exact) mass is 456 g/mol. The Balaban J connectivity index is 0.00000166. The summed E-state index contributed by atoms with van der Waals surface area (Å²) in [5, 5.41) is 7.00. The number of halogens is 3. The number of nitrogens with zero attached hydrogens (tertiary/aromatic N) is 1. The molecule has 0 aromatic heterocycles. The highest BCUT2D eigenvalue weighted by Gasteiger charge is 2.31. The zero-order valence-corrected chi connectivity index (χ0v) is 18.4. The van der Waals surface area contributed by atoms with Gasteiger partial charge in [0, 0.05) is 25.8 Å². The Hall–Kier alpha value is -2.39. The van der Waals surface area contributed by atoms with Gasteiger partial charge in [-0.05, 0) is 74.5 Å². The lowest BCUT2D eigenvalue weighted by molar-refractivity contribution is -0.137. The van der Waals surface area contributed by atoms with Crippen LogP contribution in [0, 0.1) is 0 Å². The van der Waals surface area contributed by atoms with Gasteiger partial charge in [0.1, 0.15) is 12.0 Å². The van der Waals surface area contributed by atoms with E-state index in [1.54, 1.807) is 18.2 Å². The zero-order valence-electron chi connectivity index (χ0n) is 17.5. The van der Waals surface area contributed by atoms with Crippen LogP contribution in [0.25, 0.3) is 0 Å². The summed E-state index contributed by atoms with van der Waals surface area (Å²) in [4.78, 5) is 13.9. The van der Waals surface area contributed by atoms with E-state index in [9.17, 15) is 18.0 Å². The van der Waals surface area contributed by atoms with Crippen molar-refractivity contribution in [2.75, 3.05) is 36.4 Å². The van der Waals surface area contributed by atoms with Crippen LogP contribution >= 0.6 is 11.9 Å². The highest BCUT2D eigenvalue weighted by atomic mass is 32.2. The lowest BCUT2D eigenvalue weighted by atomic mass is 10.1. The molecule has 1 heterocycles. The maximum absolute atomic E-state index is 13.3. The fourth-order valence-electron chi connectivity index (χ4n) is 3.27. The average Bonchev–Trinajstić information content (AvgIpc) is 2.79. The lowest BCUT2D eigenvalue weighted by Crippen LogP contribution is -2.30. The van der Waals surface area contributed by atoms with E-state index in [1.165, 1.54) is 6.07 Å². The number of nitrogens with one attached hydrogen (secondary N) is 1. The minimum atomic E-state index is -4.42. The van der Waals surface area contributed by atoms with E-state index < -0.39 is 11.7 Å². The molecule has 3 rings (SSSR count). The second-order valence-corrected chi connectivity index (χ2v) is 7.59. The van der Waals surface area contributed by atoms with Gasteiger partial charge in [0.15, 0.2) is 0 Å². The molecule has 1 fully saturated rings. The molecule has 1 saturated heterocycles. The normalized spacial score (nSPS) is 13.8. The molecular weight excluding hydrogens is 429 g/mol. The molecule has 0 amide bonds. The van der Waals surface area contributed by atoms with Crippen molar-refractivity contribution in [1.82, 2.24) is 0 Å². The Morgan fingerprint density at radius 1 is 1.13 bits per heavy atom. The summed E-state index contributed by atoms with van der Waals surface area (Å²) in [6, 6.07) is 8.78. The highest BCUT2D eigenvalue weighted by Crippen LogP contribution is 2.39. The molecule has 1 aliphatic rings. The minimum Gasteiger partial charge on any atom is -0.493 e. The van der Waals surface area contributed by atoms with Crippen LogP contribution in [0.5, 0.6) is 5.75 Å². The minimum absolute atomic E-state index is 0.394. The summed E-state index contributed by atoms with van der Waals surface area (Å²) in [5.41, 5.74) is 0.909. The summed E-state index contributed by atoms with van der Waals surface area (Å²) >= 11 is 1.14. The van der Waals surface area contributed by atoms with Gasteiger partial charge >= 0.3 is 6.18 Å². The summed E-state index contributed by atoms with van der Waals surface area (Å²) in [5.74, 6) is 0.571. The van der Waals surface area contributed by atoms with Crippen LogP contribution in [0.4, 0.5) is 24.5 Å². The van der Waals surface area contributed by atoms with Gasteiger partial charge in [0.25, 0.3) is 0 Å². The Bertz CT molecular complexity index is 856. The SMILES string of the molecule is CCOc1ccc(C=O)cc1SNc1cc(C(F)(F)F)ccc1N1CCCCC1.CO. The molecule has 2 N–H and O–H groups in total. The molecule has 31 heavy (non-hydrogen) atoms. The molecule has 9 heteroatoms. The summed E-state index contributed by atoms with van der Waals surface area (Å²) < 4.78 is 48.4. The van der Waals surface area contributed by atoms with Gasteiger partial charge in [0.05, 0.1) is 28.4 Å². The van der Waals surface area contributed by atoms with Gasteiger partial charge in [-0.2, -0.15) is 13.2 Å². The maximum atomic E-state index is 13.3. The van der Waals surface area contributed by atoms with Crippen LogP contribution in [0.3, 0.4) is 0 Å². The summed E-state index contributed by atoms with van der Waals surface area (Å²) in [6.45, 7) is 3.92. The third kappa shape index (κ3) is 6.80. The van der Waals surface area contributed by atoms with Gasteiger partial charge in [-0.25, -0.2) is 0 Å². The first-order chi connectivity index (χ1) is 14.9. The standard InChI is InChI=1S/C21H23F3N2O2S.CH4O/c1-2-28-19-9-6-15(14-27)12-20(19)29-25-17-13-16(21(22,23)24)7-8-18(17)26-10-4-3-5-11-26;1-2/h6-9,12-14,25H,2-5,10-11H2,1H3;2H,1H3. The number of hydrogen-bond acceptors (Lipinski definition) is 6. The van der Waals surface area contributed by atoms with Crippen molar-refractivity contribution in [2.45, 2.75) is 37.3 Å². The van der Waals surface area contributed by atoms with Crippen molar-refractivity contribution in [3.05, 3.63) is 47.5 Å². The zero-order chi connectivity index (χ0) is 22.9. The fourth-order valence-corrected chi connectivity index (χ4v) is 4.07. The van der Waals surface area contributed by atoms with E-state index in [0.717, 1.165) is 75.5 Å². The number of piperidine rings is 1. The Kier molecular flexibility index (Phi) is 9.51. The molecule has 0 atom stereocenters. The number of hydrogen-bond donors (Lipinski definition) is 2. The molecule has 0 aliphatic carbocycles. The quantitative estimate of drug-likeness (QED) is 0.416. The van der Waals surface area contributed by atoms with Gasteiger partial charge in [-0.1, -0.05) is 0 Å². The molecule has 0 bridgehead atoms. The van der Waals surface area contributed by atoms with Crippen LogP contribution in [-0.4, -0.2) is 38.2 Å². The molecular formula is C22H27F3N2O3S. The molecule has 1 aliphatic heterocycles. The second-order valence-electron chi connectivity index (χ2n) is 6.74. The van der Waals surface area contributed by atoms with Crippen LogP contribution < -0.4 is 14.4 Å². The first kappa shape index (κ1) is 24.9. The number of carbonyl (C=O) groups is 1. The van der Waals surface area contributed by atoms with E-state index in [-0.39, 0.29) is 0 Å². The Morgan fingerprint density at radius 2 is 1.84 bits per heavy atom. The first-order valence-electron chi connectivity index (χ1n) is 9.98. The number of aliphatic hydroxyl groups is 1. The van der Waals surface area contributed by atoms with E-state index in [1.807, 2.05) is 6.92 Å². The van der Waals surface area contributed by atoms with Crippen molar-refractivity contribution in [2.24, 2.45) is 0 Å². The number of aliphatic hydroxyl groups excluding tert-OH is 1. The first-order valence-corrected chi connectivity index (χ1v) is 10.8. The van der Waals surface area contributed by atoms with Crippen molar-refractivity contribution in [3.8, 4) is 5.75 Å². The maximum Gasteiger partial charge on any atom is 0.416 e. The van der Waals surface area contributed by atoms with Gasteiger partial charge in [-0.3, -0.25) is 4.79 Å². The molecule has 170 valence electrons. The van der Waals surface area contributed by atoms with Crippen LogP contribution in [-0.2, 0) is 6.18 Å². The van der Waals surface area contributed by atoms with E-state index >= 15 is 0 Å². The average molecular weight is 457 g/mol. The van der Waals surface area contributed by atoms with Crippen molar-refractivity contribution < 1.29 is 27.8 Å². The van der Waals surface area contributed by atoms with Crippen molar-refractivity contribution >= 4 is 29.6 Å². The fraction of sp³-hybridized carbons (Fsp3) is 0.409. The molecule has 0 spiro atoms. The number of alkyl halides is 3. The van der Waals surface area contributed by atoms with Gasteiger partial charge in [-0.15, -0.1) is 0 Å². The number of rotatable bonds is 7. The molecule has 0 radical (unpaired) electrons. The number of aldehydes is 1. The third-order valence-corrected chi connectivity index (χ3v) is 5.56. The van der Waals surface area contributed by atoms with Crippen molar-refractivity contribution in [1.29, 1.82) is 0 Å². The summed E-state index contributed by atoms with van der Waals surface area (Å²) in [7, 11) is 1.00. The molecule has 2 aromatic carbocycles. The molecule has 0 unspecified atom stereocenters. The van der Waals surface area contributed by atoms with Crippen LogP contribution in [0.2, 0.25) is 0 Å². The molecule has 2 aromatic rings. The van der Waals surface area contributed by atoms with Gasteiger partial charge in [0.2, 0.25) is 0 Å². The van der Waals surface area contributed by atoms with Crippen molar-refractivity contribution in [3.63, 3.8) is 0 Å². The van der Waals surface area contributed by atoms with E-state index in [0.29, 0.717) is 28.5 Å². The third-order valence-electron chi connectivity index (χ3n) is 4.70. The number of benzene rings is 2. The topological polar surface area (TPSA) is 61.8 Å². The Morgan fingerprint density at radius 3 is 2.45 bits per heavy atom. The lowest BCUT2D eigenvalue weighted by Gasteiger charge is -2.31. The van der Waals surface area contributed by atoms with E-state index in [4.69, 9.17) is 9.84 Å².